The molecule has 0 saturated carbocycles. The van der Waals surface area contributed by atoms with E-state index in [1.54, 1.807) is 23.0 Å². The van der Waals surface area contributed by atoms with Gasteiger partial charge in [0, 0.05) is 33.0 Å². The molecule has 0 bridgehead atoms. The van der Waals surface area contributed by atoms with E-state index in [9.17, 15) is 9.59 Å². The van der Waals surface area contributed by atoms with Crippen molar-refractivity contribution in [1.29, 1.82) is 0 Å². The summed E-state index contributed by atoms with van der Waals surface area (Å²) in [5, 5.41) is 5.41. The van der Waals surface area contributed by atoms with Gasteiger partial charge in [-0.1, -0.05) is 5.16 Å². The number of piperidine rings is 1. The van der Waals surface area contributed by atoms with Crippen molar-refractivity contribution in [2.75, 3.05) is 18.0 Å². The maximum Gasteiger partial charge on any atom is 0.224 e. The number of hydrazine groups is 1. The molecule has 2 rings (SSSR count). The molecule has 4 N–H and O–H groups in total. The maximum absolute atomic E-state index is 11.6. The standard InChI is InChI=1S/C10H16N4O2.C2H5NO/c1-8(15)14(10-6-12-16-7-10)9-2-4-13(11)5-3-9;1-2(3)4/h6-7,9H,2-5,11H2,1H3;1H3,(H2,3,4). The van der Waals surface area contributed by atoms with Gasteiger partial charge in [-0.05, 0) is 12.8 Å². The molecule has 0 aliphatic carbocycles. The molecule has 0 spiro atoms. The Bertz CT molecular complexity index is 422. The number of amides is 2. The third kappa shape index (κ3) is 4.98. The molecule has 2 amide bonds. The van der Waals surface area contributed by atoms with Crippen molar-refractivity contribution < 1.29 is 14.1 Å². The van der Waals surface area contributed by atoms with Gasteiger partial charge in [0.15, 0.2) is 0 Å². The molecule has 0 atom stereocenters. The lowest BCUT2D eigenvalue weighted by Crippen LogP contribution is -2.48. The number of anilines is 1. The van der Waals surface area contributed by atoms with Gasteiger partial charge in [-0.2, -0.15) is 0 Å². The quantitative estimate of drug-likeness (QED) is 0.729. The van der Waals surface area contributed by atoms with Crippen LogP contribution in [0.4, 0.5) is 5.69 Å². The van der Waals surface area contributed by atoms with Crippen molar-refractivity contribution >= 4 is 17.5 Å². The molecular formula is C12H21N5O3. The Labute approximate surface area is 117 Å². The second kappa shape index (κ2) is 7.61. The Morgan fingerprint density at radius 1 is 1.40 bits per heavy atom. The Hall–Kier alpha value is -1.93. The molecule has 1 aliphatic heterocycles. The average Bonchev–Trinajstić information content (AvgIpc) is 2.84. The van der Waals surface area contributed by atoms with E-state index in [0.29, 0.717) is 0 Å². The second-order valence-corrected chi connectivity index (χ2v) is 4.65. The number of carbonyl (C=O) groups excluding carboxylic acids is 2. The molecule has 8 heteroatoms. The molecule has 1 aromatic heterocycles. The van der Waals surface area contributed by atoms with E-state index in [4.69, 9.17) is 10.4 Å². The first-order valence-corrected chi connectivity index (χ1v) is 6.36. The van der Waals surface area contributed by atoms with E-state index in [1.165, 1.54) is 13.2 Å². The zero-order valence-electron chi connectivity index (χ0n) is 11.8. The largest absolute Gasteiger partial charge is 0.370 e. The number of hydrogen-bond acceptors (Lipinski definition) is 6. The van der Waals surface area contributed by atoms with Crippen molar-refractivity contribution in [3.8, 4) is 0 Å². The van der Waals surface area contributed by atoms with Crippen LogP contribution in [0.1, 0.15) is 26.7 Å². The van der Waals surface area contributed by atoms with Crippen LogP contribution in [-0.4, -0.2) is 41.1 Å². The van der Waals surface area contributed by atoms with Gasteiger partial charge in [0.25, 0.3) is 0 Å². The van der Waals surface area contributed by atoms with Crippen LogP contribution >= 0.6 is 0 Å². The fourth-order valence-electron chi connectivity index (χ4n) is 2.11. The fraction of sp³-hybridized carbons (Fsp3) is 0.583. The molecule has 8 nitrogen and oxygen atoms in total. The van der Waals surface area contributed by atoms with Crippen molar-refractivity contribution in [2.24, 2.45) is 11.6 Å². The van der Waals surface area contributed by atoms with E-state index < -0.39 is 0 Å². The Kier molecular flexibility index (Phi) is 6.13. The molecular weight excluding hydrogens is 262 g/mol. The second-order valence-electron chi connectivity index (χ2n) is 4.65. The first-order valence-electron chi connectivity index (χ1n) is 6.36. The van der Waals surface area contributed by atoms with Crippen LogP contribution in [0.3, 0.4) is 0 Å². The summed E-state index contributed by atoms with van der Waals surface area (Å²) in [4.78, 5) is 22.6. The lowest BCUT2D eigenvalue weighted by molar-refractivity contribution is -0.117. The summed E-state index contributed by atoms with van der Waals surface area (Å²) in [6, 6.07) is 0.191. The van der Waals surface area contributed by atoms with Crippen molar-refractivity contribution in [2.45, 2.75) is 32.7 Å². The molecule has 1 fully saturated rings. The molecule has 1 aliphatic rings. The van der Waals surface area contributed by atoms with Crippen molar-refractivity contribution in [3.05, 3.63) is 12.5 Å². The van der Waals surface area contributed by atoms with Gasteiger partial charge in [0.2, 0.25) is 11.8 Å². The van der Waals surface area contributed by atoms with Crippen LogP contribution < -0.4 is 16.5 Å². The number of primary amides is 1. The average molecular weight is 283 g/mol. The Balaban J connectivity index is 0.000000444. The minimum atomic E-state index is -0.333. The third-order valence-corrected chi connectivity index (χ3v) is 2.90. The minimum Gasteiger partial charge on any atom is -0.370 e. The summed E-state index contributed by atoms with van der Waals surface area (Å²) in [7, 11) is 0. The van der Waals surface area contributed by atoms with Gasteiger partial charge in [-0.15, -0.1) is 0 Å². The molecule has 1 saturated heterocycles. The van der Waals surface area contributed by atoms with E-state index in [-0.39, 0.29) is 17.9 Å². The van der Waals surface area contributed by atoms with E-state index in [0.717, 1.165) is 31.6 Å². The van der Waals surface area contributed by atoms with Crippen LogP contribution in [0.15, 0.2) is 17.0 Å². The summed E-state index contributed by atoms with van der Waals surface area (Å²) in [5.41, 5.74) is 5.20. The Morgan fingerprint density at radius 3 is 2.35 bits per heavy atom. The molecule has 20 heavy (non-hydrogen) atoms. The fourth-order valence-corrected chi connectivity index (χ4v) is 2.11. The molecule has 2 heterocycles. The van der Waals surface area contributed by atoms with Crippen molar-refractivity contribution in [1.82, 2.24) is 10.2 Å². The SMILES string of the molecule is CC(=O)N(c1cnoc1)C1CCN(N)CC1.CC(N)=O. The highest BCUT2D eigenvalue weighted by atomic mass is 16.5. The van der Waals surface area contributed by atoms with Crippen LogP contribution in [0.5, 0.6) is 0 Å². The lowest BCUT2D eigenvalue weighted by Gasteiger charge is -2.35. The van der Waals surface area contributed by atoms with Gasteiger partial charge in [-0.25, -0.2) is 5.01 Å². The third-order valence-electron chi connectivity index (χ3n) is 2.90. The number of nitrogens with two attached hydrogens (primary N) is 2. The van der Waals surface area contributed by atoms with E-state index in [2.05, 4.69) is 10.9 Å². The van der Waals surface area contributed by atoms with Crippen LogP contribution in [0, 0.1) is 0 Å². The van der Waals surface area contributed by atoms with Gasteiger partial charge < -0.3 is 15.2 Å². The highest BCUT2D eigenvalue weighted by Gasteiger charge is 2.27. The summed E-state index contributed by atoms with van der Waals surface area (Å²) in [5.74, 6) is 5.37. The number of aromatic nitrogens is 1. The van der Waals surface area contributed by atoms with Gasteiger partial charge in [-0.3, -0.25) is 15.4 Å². The summed E-state index contributed by atoms with van der Waals surface area (Å²) in [6.45, 7) is 4.47. The maximum atomic E-state index is 11.6. The minimum absolute atomic E-state index is 0.0127. The molecule has 112 valence electrons. The number of carbonyl (C=O) groups is 2. The van der Waals surface area contributed by atoms with E-state index in [1.807, 2.05) is 0 Å². The number of hydrogen-bond donors (Lipinski definition) is 2. The smallest absolute Gasteiger partial charge is 0.224 e. The summed E-state index contributed by atoms with van der Waals surface area (Å²) < 4.78 is 4.78. The zero-order valence-corrected chi connectivity index (χ0v) is 11.8. The summed E-state index contributed by atoms with van der Waals surface area (Å²) >= 11 is 0. The molecule has 0 radical (unpaired) electrons. The van der Waals surface area contributed by atoms with Crippen LogP contribution in [0.2, 0.25) is 0 Å². The molecule has 0 aromatic carbocycles. The first-order chi connectivity index (χ1) is 9.41. The molecule has 0 unspecified atom stereocenters. The highest BCUT2D eigenvalue weighted by molar-refractivity contribution is 5.91. The van der Waals surface area contributed by atoms with Crippen LogP contribution in [-0.2, 0) is 9.59 Å². The normalized spacial score (nSPS) is 16.1. The lowest BCUT2D eigenvalue weighted by atomic mass is 10.0. The number of rotatable bonds is 2. The predicted molar refractivity (Wildman–Crippen MR) is 73.3 cm³/mol. The first kappa shape index (κ1) is 16.1. The number of nitrogens with zero attached hydrogens (tertiary/aromatic N) is 3. The topological polar surface area (TPSA) is 119 Å². The van der Waals surface area contributed by atoms with Gasteiger partial charge >= 0.3 is 0 Å². The van der Waals surface area contributed by atoms with Gasteiger partial charge in [0.05, 0.1) is 6.20 Å². The molecule has 1 aromatic rings. The summed E-state index contributed by atoms with van der Waals surface area (Å²) in [6.07, 6.45) is 4.81. The monoisotopic (exact) mass is 283 g/mol. The Morgan fingerprint density at radius 2 is 1.95 bits per heavy atom. The van der Waals surface area contributed by atoms with Crippen molar-refractivity contribution in [3.63, 3.8) is 0 Å². The zero-order chi connectivity index (χ0) is 15.1. The van der Waals surface area contributed by atoms with Crippen LogP contribution in [0.25, 0.3) is 0 Å². The predicted octanol–water partition coefficient (Wildman–Crippen LogP) is -0.143. The highest BCUT2D eigenvalue weighted by Crippen LogP contribution is 2.22. The van der Waals surface area contributed by atoms with Gasteiger partial charge in [0.1, 0.15) is 12.0 Å². The van der Waals surface area contributed by atoms with E-state index >= 15 is 0 Å².